The van der Waals surface area contributed by atoms with Gasteiger partial charge in [-0.2, -0.15) is 0 Å². The highest BCUT2D eigenvalue weighted by Crippen LogP contribution is 2.27. The molecular formula is C14H21N2O3. The number of non-ortho nitro benzene ring substituents is 1. The van der Waals surface area contributed by atoms with Crippen LogP contribution in [0.1, 0.15) is 46.0 Å². The molecule has 0 aliphatic rings. The summed E-state index contributed by atoms with van der Waals surface area (Å²) in [5.41, 5.74) is 5.99. The first-order valence-corrected chi connectivity index (χ1v) is 6.66. The zero-order valence-electron chi connectivity index (χ0n) is 11.5. The van der Waals surface area contributed by atoms with Crippen LogP contribution in [0, 0.1) is 16.2 Å². The van der Waals surface area contributed by atoms with Crippen molar-refractivity contribution in [2.75, 3.05) is 5.73 Å². The normalized spacial score (nSPS) is 12.1. The van der Waals surface area contributed by atoms with Crippen molar-refractivity contribution in [2.24, 2.45) is 0 Å². The van der Waals surface area contributed by atoms with Gasteiger partial charge in [0.1, 0.15) is 5.75 Å². The molecule has 0 amide bonds. The standard InChI is InChI=1S/C14H21N2O3/c1-3-4-5-6-7-11(2)19-14-10-12(16(17)18)8-9-13(14)15/h9-11H,3-7,15H2,1-2H3. The highest BCUT2D eigenvalue weighted by Gasteiger charge is 2.13. The molecule has 0 saturated heterocycles. The molecule has 1 rings (SSSR count). The van der Waals surface area contributed by atoms with Crippen molar-refractivity contribution in [3.63, 3.8) is 0 Å². The molecule has 0 heterocycles. The van der Waals surface area contributed by atoms with E-state index >= 15 is 0 Å². The molecule has 0 fully saturated rings. The van der Waals surface area contributed by atoms with Crippen LogP contribution in [-0.2, 0) is 0 Å². The molecule has 0 aromatic heterocycles. The monoisotopic (exact) mass is 265 g/mol. The van der Waals surface area contributed by atoms with E-state index in [-0.39, 0.29) is 11.8 Å². The van der Waals surface area contributed by atoms with Crippen molar-refractivity contribution in [1.82, 2.24) is 0 Å². The average molecular weight is 265 g/mol. The summed E-state index contributed by atoms with van der Waals surface area (Å²) < 4.78 is 5.67. The number of unbranched alkanes of at least 4 members (excludes halogenated alkanes) is 3. The van der Waals surface area contributed by atoms with Crippen LogP contribution in [0.2, 0.25) is 0 Å². The molecule has 0 aliphatic heterocycles. The van der Waals surface area contributed by atoms with Gasteiger partial charge in [0.25, 0.3) is 5.69 Å². The molecule has 5 heteroatoms. The van der Waals surface area contributed by atoms with Crippen LogP contribution in [0.25, 0.3) is 0 Å². The Bertz CT molecular complexity index is 421. The van der Waals surface area contributed by atoms with Gasteiger partial charge < -0.3 is 10.5 Å². The SMILES string of the molecule is CCCCCCC(C)Oc1cc([N+](=O)[O-])[c]cc1N. The molecule has 1 aromatic rings. The summed E-state index contributed by atoms with van der Waals surface area (Å²) in [6.07, 6.45) is 5.62. The summed E-state index contributed by atoms with van der Waals surface area (Å²) in [5, 5.41) is 10.7. The summed E-state index contributed by atoms with van der Waals surface area (Å²) in [5.74, 6) is 0.369. The van der Waals surface area contributed by atoms with Crippen LogP contribution >= 0.6 is 0 Å². The van der Waals surface area contributed by atoms with E-state index in [1.807, 2.05) is 6.92 Å². The third-order valence-corrected chi connectivity index (χ3v) is 2.92. The van der Waals surface area contributed by atoms with Crippen LogP contribution in [0.5, 0.6) is 5.75 Å². The number of hydrogen-bond acceptors (Lipinski definition) is 4. The molecule has 0 bridgehead atoms. The van der Waals surface area contributed by atoms with Crippen LogP contribution in [-0.4, -0.2) is 11.0 Å². The maximum Gasteiger partial charge on any atom is 0.281 e. The van der Waals surface area contributed by atoms with Gasteiger partial charge >= 0.3 is 0 Å². The minimum Gasteiger partial charge on any atom is -0.488 e. The quantitative estimate of drug-likeness (QED) is 0.336. The van der Waals surface area contributed by atoms with Gasteiger partial charge in [0.05, 0.1) is 28.8 Å². The largest absolute Gasteiger partial charge is 0.488 e. The van der Waals surface area contributed by atoms with Crippen molar-refractivity contribution in [1.29, 1.82) is 0 Å². The zero-order valence-corrected chi connectivity index (χ0v) is 11.5. The Labute approximate surface area is 113 Å². The second-order valence-corrected chi connectivity index (χ2v) is 4.67. The third-order valence-electron chi connectivity index (χ3n) is 2.92. The molecule has 1 unspecified atom stereocenters. The second kappa shape index (κ2) is 7.61. The van der Waals surface area contributed by atoms with Gasteiger partial charge in [-0.3, -0.25) is 10.1 Å². The molecule has 0 saturated carbocycles. The first-order chi connectivity index (χ1) is 9.04. The van der Waals surface area contributed by atoms with Crippen LogP contribution in [0.4, 0.5) is 11.4 Å². The topological polar surface area (TPSA) is 78.4 Å². The molecule has 105 valence electrons. The van der Waals surface area contributed by atoms with Crippen molar-refractivity contribution in [3.05, 3.63) is 28.3 Å². The molecule has 2 N–H and O–H groups in total. The fourth-order valence-electron chi connectivity index (χ4n) is 1.81. The molecule has 1 atom stereocenters. The van der Waals surface area contributed by atoms with E-state index in [0.29, 0.717) is 11.4 Å². The zero-order chi connectivity index (χ0) is 14.3. The second-order valence-electron chi connectivity index (χ2n) is 4.67. The Kier molecular flexibility index (Phi) is 6.12. The van der Waals surface area contributed by atoms with E-state index in [4.69, 9.17) is 10.5 Å². The van der Waals surface area contributed by atoms with Crippen LogP contribution in [0.3, 0.4) is 0 Å². The van der Waals surface area contributed by atoms with E-state index in [1.165, 1.54) is 31.4 Å². The fraction of sp³-hybridized carbons (Fsp3) is 0.571. The number of ether oxygens (including phenoxy) is 1. The van der Waals surface area contributed by atoms with Gasteiger partial charge in [0.2, 0.25) is 0 Å². The fourth-order valence-corrected chi connectivity index (χ4v) is 1.81. The number of anilines is 1. The molecule has 0 aliphatic carbocycles. The number of hydrogen-bond donors (Lipinski definition) is 1. The molecule has 1 radical (unpaired) electrons. The highest BCUT2D eigenvalue weighted by molar-refractivity contribution is 5.56. The maximum atomic E-state index is 10.7. The maximum absolute atomic E-state index is 10.7. The van der Waals surface area contributed by atoms with Crippen LogP contribution in [0.15, 0.2) is 12.1 Å². The Hall–Kier alpha value is -1.78. The Morgan fingerprint density at radius 2 is 2.21 bits per heavy atom. The average Bonchev–Trinajstić information content (AvgIpc) is 2.37. The lowest BCUT2D eigenvalue weighted by atomic mass is 10.1. The lowest BCUT2D eigenvalue weighted by Gasteiger charge is -2.15. The summed E-state index contributed by atoms with van der Waals surface area (Å²) in [7, 11) is 0. The van der Waals surface area contributed by atoms with E-state index < -0.39 is 4.92 Å². The van der Waals surface area contributed by atoms with Gasteiger partial charge in [0, 0.05) is 0 Å². The summed E-state index contributed by atoms with van der Waals surface area (Å²) in [4.78, 5) is 10.2. The summed E-state index contributed by atoms with van der Waals surface area (Å²) in [6, 6.07) is 5.22. The number of rotatable bonds is 8. The number of nitrogens with two attached hydrogens (primary N) is 1. The number of nitro groups is 1. The molecule has 0 spiro atoms. The number of nitro benzene ring substituents is 1. The van der Waals surface area contributed by atoms with Gasteiger partial charge in [-0.25, -0.2) is 0 Å². The Morgan fingerprint density at radius 3 is 2.84 bits per heavy atom. The van der Waals surface area contributed by atoms with E-state index in [1.54, 1.807) is 0 Å². The van der Waals surface area contributed by atoms with Crippen LogP contribution < -0.4 is 10.5 Å². The lowest BCUT2D eigenvalue weighted by Crippen LogP contribution is -2.12. The predicted octanol–water partition coefficient (Wildman–Crippen LogP) is 3.71. The van der Waals surface area contributed by atoms with Gasteiger partial charge in [-0.05, 0) is 25.8 Å². The highest BCUT2D eigenvalue weighted by atomic mass is 16.6. The minimum absolute atomic E-state index is 0.00107. The van der Waals surface area contributed by atoms with E-state index in [0.717, 1.165) is 12.8 Å². The lowest BCUT2D eigenvalue weighted by molar-refractivity contribution is -0.385. The van der Waals surface area contributed by atoms with Gasteiger partial charge in [-0.15, -0.1) is 0 Å². The molecular weight excluding hydrogens is 244 g/mol. The number of nitrogens with zero attached hydrogens (tertiary/aromatic N) is 1. The van der Waals surface area contributed by atoms with Crippen molar-refractivity contribution < 1.29 is 9.66 Å². The van der Waals surface area contributed by atoms with E-state index in [2.05, 4.69) is 13.0 Å². The van der Waals surface area contributed by atoms with Gasteiger partial charge in [0.15, 0.2) is 0 Å². The summed E-state index contributed by atoms with van der Waals surface area (Å²) >= 11 is 0. The molecule has 5 nitrogen and oxygen atoms in total. The van der Waals surface area contributed by atoms with Crippen molar-refractivity contribution in [2.45, 2.75) is 52.1 Å². The minimum atomic E-state index is -0.502. The first-order valence-electron chi connectivity index (χ1n) is 6.66. The third kappa shape index (κ3) is 5.16. The number of nitrogen functional groups attached to an aromatic ring is 1. The Morgan fingerprint density at radius 1 is 1.47 bits per heavy atom. The molecule has 19 heavy (non-hydrogen) atoms. The first kappa shape index (κ1) is 15.3. The van der Waals surface area contributed by atoms with Crippen molar-refractivity contribution in [3.8, 4) is 5.75 Å². The Balaban J connectivity index is 2.55. The molecule has 1 aromatic carbocycles. The predicted molar refractivity (Wildman–Crippen MR) is 75.2 cm³/mol. The van der Waals surface area contributed by atoms with Crippen molar-refractivity contribution >= 4 is 11.4 Å². The van der Waals surface area contributed by atoms with E-state index in [9.17, 15) is 10.1 Å². The van der Waals surface area contributed by atoms with Gasteiger partial charge in [-0.1, -0.05) is 26.2 Å². The number of benzene rings is 1. The summed E-state index contributed by atoms with van der Waals surface area (Å²) in [6.45, 7) is 4.12. The smallest absolute Gasteiger partial charge is 0.281 e.